The van der Waals surface area contributed by atoms with Crippen molar-refractivity contribution in [1.82, 2.24) is 20.1 Å². The zero-order chi connectivity index (χ0) is 24.0. The molecule has 3 rings (SSSR count). The summed E-state index contributed by atoms with van der Waals surface area (Å²) in [6, 6.07) is 12.9. The molecule has 0 spiro atoms. The van der Waals surface area contributed by atoms with Gasteiger partial charge in [0.15, 0.2) is 11.0 Å². The van der Waals surface area contributed by atoms with Crippen LogP contribution in [-0.4, -0.2) is 37.3 Å². The van der Waals surface area contributed by atoms with Gasteiger partial charge < -0.3 is 15.2 Å². The molecule has 0 unspecified atom stereocenters. The van der Waals surface area contributed by atoms with Crippen molar-refractivity contribution in [3.63, 3.8) is 0 Å². The number of thioether (sulfide) groups is 1. The first-order valence-electron chi connectivity index (χ1n) is 10.3. The highest BCUT2D eigenvalue weighted by Crippen LogP contribution is 2.25. The van der Waals surface area contributed by atoms with E-state index in [1.165, 1.54) is 18.2 Å². The van der Waals surface area contributed by atoms with Crippen molar-refractivity contribution in [3.05, 3.63) is 75.6 Å². The first kappa shape index (κ1) is 23.9. The lowest BCUT2D eigenvalue weighted by molar-refractivity contribution is -0.383. The standard InChI is InChI=1S/C22H24N6O4S/c1-4-27-20(15(3)23-21(30)16-9-7-8-14(2)12-16)25-26-22(27)33-13-19(29)24-17-10-5-6-11-18(17)28(31)32/h5-12,15H,4,13H2,1-3H3,(H,23,30)(H,24,29)/t15-/m1/s1. The fourth-order valence-electron chi connectivity index (χ4n) is 3.21. The fraction of sp³-hybridized carbons (Fsp3) is 0.273. The van der Waals surface area contributed by atoms with Crippen LogP contribution in [-0.2, 0) is 11.3 Å². The molecule has 172 valence electrons. The molecule has 0 saturated carbocycles. The molecule has 0 fully saturated rings. The maximum Gasteiger partial charge on any atom is 0.292 e. The first-order chi connectivity index (χ1) is 15.8. The van der Waals surface area contributed by atoms with E-state index in [9.17, 15) is 19.7 Å². The Labute approximate surface area is 194 Å². The van der Waals surface area contributed by atoms with Gasteiger partial charge in [0, 0.05) is 18.2 Å². The summed E-state index contributed by atoms with van der Waals surface area (Å²) in [5, 5.41) is 25.5. The number of nitrogens with zero attached hydrogens (tertiary/aromatic N) is 4. The molecule has 2 amide bonds. The van der Waals surface area contributed by atoms with Crippen LogP contribution in [0.4, 0.5) is 11.4 Å². The summed E-state index contributed by atoms with van der Waals surface area (Å²) >= 11 is 1.16. The van der Waals surface area contributed by atoms with E-state index < -0.39 is 16.9 Å². The number of rotatable bonds is 9. The van der Waals surface area contributed by atoms with Crippen LogP contribution in [0.3, 0.4) is 0 Å². The second-order valence-corrected chi connectivity index (χ2v) is 8.20. The van der Waals surface area contributed by atoms with E-state index in [1.54, 1.807) is 12.1 Å². The summed E-state index contributed by atoms with van der Waals surface area (Å²) in [7, 11) is 0. The molecule has 0 aliphatic carbocycles. The molecule has 0 saturated heterocycles. The number of nitrogens with one attached hydrogen (secondary N) is 2. The van der Waals surface area contributed by atoms with Gasteiger partial charge in [-0.1, -0.05) is 41.6 Å². The summed E-state index contributed by atoms with van der Waals surface area (Å²) < 4.78 is 1.82. The van der Waals surface area contributed by atoms with Crippen LogP contribution in [0.2, 0.25) is 0 Å². The van der Waals surface area contributed by atoms with E-state index in [0.29, 0.717) is 23.1 Å². The molecular weight excluding hydrogens is 444 g/mol. The van der Waals surface area contributed by atoms with Crippen molar-refractivity contribution in [2.24, 2.45) is 0 Å². The number of benzene rings is 2. The average molecular weight is 469 g/mol. The van der Waals surface area contributed by atoms with Gasteiger partial charge in [0.05, 0.1) is 16.7 Å². The molecule has 1 aromatic heterocycles. The quantitative estimate of drug-likeness (QED) is 0.278. The Morgan fingerprint density at radius 1 is 1.18 bits per heavy atom. The molecule has 1 atom stereocenters. The van der Waals surface area contributed by atoms with Crippen LogP contribution in [0.15, 0.2) is 53.7 Å². The van der Waals surface area contributed by atoms with Crippen LogP contribution in [0.25, 0.3) is 0 Å². The Bertz CT molecular complexity index is 1180. The lowest BCUT2D eigenvalue weighted by Crippen LogP contribution is -2.28. The lowest BCUT2D eigenvalue weighted by atomic mass is 10.1. The van der Waals surface area contributed by atoms with Gasteiger partial charge in [-0.15, -0.1) is 10.2 Å². The highest BCUT2D eigenvalue weighted by molar-refractivity contribution is 7.99. The highest BCUT2D eigenvalue weighted by atomic mass is 32.2. The number of carbonyl (C=O) groups is 2. The molecule has 3 aromatic rings. The summed E-state index contributed by atoms with van der Waals surface area (Å²) in [5.74, 6) is -0.0499. The van der Waals surface area contributed by atoms with Gasteiger partial charge in [-0.05, 0) is 39.0 Å². The number of para-hydroxylation sites is 2. The van der Waals surface area contributed by atoms with Crippen molar-refractivity contribution in [2.45, 2.75) is 38.5 Å². The Balaban J connectivity index is 1.65. The largest absolute Gasteiger partial charge is 0.342 e. The monoisotopic (exact) mass is 468 g/mol. The number of nitro groups is 1. The van der Waals surface area contributed by atoms with E-state index >= 15 is 0 Å². The third-order valence-electron chi connectivity index (χ3n) is 4.78. The molecule has 10 nitrogen and oxygen atoms in total. The molecule has 2 aromatic carbocycles. The van der Waals surface area contributed by atoms with E-state index in [1.807, 2.05) is 43.5 Å². The summed E-state index contributed by atoms with van der Waals surface area (Å²) in [6.45, 7) is 6.20. The topological polar surface area (TPSA) is 132 Å². The van der Waals surface area contributed by atoms with Crippen molar-refractivity contribution in [1.29, 1.82) is 0 Å². The summed E-state index contributed by atoms with van der Waals surface area (Å²) in [6.07, 6.45) is 0. The predicted octanol–water partition coefficient (Wildman–Crippen LogP) is 3.74. The maximum atomic E-state index is 12.6. The number of aryl methyl sites for hydroxylation is 1. The van der Waals surface area contributed by atoms with Gasteiger partial charge in [-0.2, -0.15) is 0 Å². The van der Waals surface area contributed by atoms with Gasteiger partial charge >= 0.3 is 0 Å². The minimum atomic E-state index is -0.546. The molecule has 0 aliphatic heterocycles. The fourth-order valence-corrected chi connectivity index (χ4v) is 4.02. The van der Waals surface area contributed by atoms with Crippen LogP contribution >= 0.6 is 11.8 Å². The predicted molar refractivity (Wildman–Crippen MR) is 125 cm³/mol. The first-order valence-corrected chi connectivity index (χ1v) is 11.3. The third-order valence-corrected chi connectivity index (χ3v) is 5.75. The van der Waals surface area contributed by atoms with Crippen molar-refractivity contribution >= 4 is 35.0 Å². The lowest BCUT2D eigenvalue weighted by Gasteiger charge is -2.15. The van der Waals surface area contributed by atoms with Crippen molar-refractivity contribution in [3.8, 4) is 0 Å². The Morgan fingerprint density at radius 3 is 2.64 bits per heavy atom. The second-order valence-electron chi connectivity index (χ2n) is 7.26. The van der Waals surface area contributed by atoms with E-state index in [4.69, 9.17) is 0 Å². The Morgan fingerprint density at radius 2 is 1.94 bits per heavy atom. The third kappa shape index (κ3) is 5.95. The zero-order valence-electron chi connectivity index (χ0n) is 18.4. The van der Waals surface area contributed by atoms with E-state index in [0.717, 1.165) is 17.3 Å². The van der Waals surface area contributed by atoms with Crippen LogP contribution in [0.1, 0.15) is 41.6 Å². The zero-order valence-corrected chi connectivity index (χ0v) is 19.3. The highest BCUT2D eigenvalue weighted by Gasteiger charge is 2.21. The van der Waals surface area contributed by atoms with Gasteiger partial charge in [0.2, 0.25) is 5.91 Å². The van der Waals surface area contributed by atoms with Crippen LogP contribution in [0, 0.1) is 17.0 Å². The maximum absolute atomic E-state index is 12.6. The van der Waals surface area contributed by atoms with Gasteiger partial charge in [0.25, 0.3) is 11.6 Å². The van der Waals surface area contributed by atoms with Gasteiger partial charge in [-0.25, -0.2) is 0 Å². The Hall–Kier alpha value is -3.73. The minimum Gasteiger partial charge on any atom is -0.342 e. The number of nitro benzene ring substituents is 1. The molecule has 0 radical (unpaired) electrons. The number of carbonyl (C=O) groups excluding carboxylic acids is 2. The average Bonchev–Trinajstić information content (AvgIpc) is 3.21. The molecule has 33 heavy (non-hydrogen) atoms. The number of anilines is 1. The van der Waals surface area contributed by atoms with Gasteiger partial charge in [0.1, 0.15) is 5.69 Å². The van der Waals surface area contributed by atoms with E-state index in [2.05, 4.69) is 20.8 Å². The molecule has 0 bridgehead atoms. The number of aromatic nitrogens is 3. The minimum absolute atomic E-state index is 0.00574. The second kappa shape index (κ2) is 10.7. The Kier molecular flexibility index (Phi) is 7.78. The SMILES string of the molecule is CCn1c(SCC(=O)Nc2ccccc2[N+](=O)[O-])nnc1[C@@H](C)NC(=O)c1cccc(C)c1. The number of hydrogen-bond acceptors (Lipinski definition) is 7. The van der Waals surface area contributed by atoms with Crippen molar-refractivity contribution in [2.75, 3.05) is 11.1 Å². The smallest absolute Gasteiger partial charge is 0.292 e. The molecule has 1 heterocycles. The number of amides is 2. The van der Waals surface area contributed by atoms with E-state index in [-0.39, 0.29) is 23.0 Å². The van der Waals surface area contributed by atoms with Gasteiger partial charge in [-0.3, -0.25) is 19.7 Å². The molecular formula is C22H24N6O4S. The summed E-state index contributed by atoms with van der Waals surface area (Å²) in [4.78, 5) is 35.5. The molecule has 11 heteroatoms. The summed E-state index contributed by atoms with van der Waals surface area (Å²) in [5.41, 5.74) is 1.52. The molecule has 2 N–H and O–H groups in total. The molecule has 0 aliphatic rings. The van der Waals surface area contributed by atoms with Crippen LogP contribution < -0.4 is 10.6 Å². The normalized spacial score (nSPS) is 11.6. The van der Waals surface area contributed by atoms with Crippen molar-refractivity contribution < 1.29 is 14.5 Å². The van der Waals surface area contributed by atoms with Crippen LogP contribution in [0.5, 0.6) is 0 Å². The number of hydrogen-bond donors (Lipinski definition) is 2.